The quantitative estimate of drug-likeness (QED) is 0.710. The molecule has 0 fully saturated rings. The van der Waals surface area contributed by atoms with E-state index in [1.54, 1.807) is 0 Å². The van der Waals surface area contributed by atoms with Crippen molar-refractivity contribution in [1.29, 1.82) is 0 Å². The van der Waals surface area contributed by atoms with Gasteiger partial charge in [-0.2, -0.15) is 11.8 Å². The van der Waals surface area contributed by atoms with Gasteiger partial charge in [-0.05, 0) is 30.5 Å². The van der Waals surface area contributed by atoms with Gasteiger partial charge >= 0.3 is 0 Å². The lowest BCUT2D eigenvalue weighted by Gasteiger charge is -2.05. The van der Waals surface area contributed by atoms with Crippen LogP contribution in [0.5, 0.6) is 0 Å². The van der Waals surface area contributed by atoms with Crippen LogP contribution >= 0.6 is 11.8 Å². The van der Waals surface area contributed by atoms with Crippen LogP contribution in [0, 0.1) is 0 Å². The lowest BCUT2D eigenvalue weighted by Crippen LogP contribution is -2.09. The van der Waals surface area contributed by atoms with Crippen LogP contribution in [0.25, 0.3) is 0 Å². The number of aromatic nitrogens is 2. The molecule has 0 unspecified atom stereocenters. The molecule has 2 aromatic rings. The van der Waals surface area contributed by atoms with Gasteiger partial charge in [0.2, 0.25) is 11.6 Å². The monoisotopic (exact) mass is 297 g/mol. The third kappa shape index (κ3) is 4.46. The average Bonchev–Trinajstić information content (AvgIpc) is 2.98. The summed E-state index contributed by atoms with van der Waals surface area (Å²) >= 11 is 1.81. The van der Waals surface area contributed by atoms with E-state index in [9.17, 15) is 0 Å². The summed E-state index contributed by atoms with van der Waals surface area (Å²) in [5.74, 6) is 3.64. The molecule has 110 valence electrons. The maximum Gasteiger partial charge on any atom is 0.215 e. The maximum absolute atomic E-state index is 5.54. The number of nitrogens with zero attached hydrogens (tertiary/aromatic N) is 3. The highest BCUT2D eigenvalue weighted by molar-refractivity contribution is 7.98. The van der Waals surface area contributed by atoms with Crippen molar-refractivity contribution in [3.8, 4) is 0 Å². The first-order valence-electron chi connectivity index (χ1n) is 6.26. The van der Waals surface area contributed by atoms with Crippen LogP contribution in [-0.2, 0) is 12.3 Å². The molecule has 0 amide bonds. The summed E-state index contributed by atoms with van der Waals surface area (Å²) in [7, 11) is 4.04. The van der Waals surface area contributed by atoms with E-state index in [1.807, 2.05) is 32.1 Å². The van der Waals surface area contributed by atoms with Crippen LogP contribution in [0.15, 0.2) is 21.4 Å². The van der Waals surface area contributed by atoms with Gasteiger partial charge in [0.15, 0.2) is 0 Å². The molecule has 0 aliphatic rings. The minimum Gasteiger partial charge on any atom is -0.468 e. The number of hydrogen-bond donors (Lipinski definition) is 2. The van der Waals surface area contributed by atoms with Crippen molar-refractivity contribution in [2.75, 3.05) is 37.4 Å². The summed E-state index contributed by atoms with van der Waals surface area (Å²) < 4.78 is 9.98. The average molecular weight is 297 g/mol. The van der Waals surface area contributed by atoms with Crippen molar-refractivity contribution >= 4 is 23.4 Å². The zero-order valence-electron chi connectivity index (χ0n) is 11.6. The maximum atomic E-state index is 5.54. The summed E-state index contributed by atoms with van der Waals surface area (Å²) in [5, 5.41) is 10.2. The number of nitrogens with two attached hydrogens (primary N) is 1. The molecule has 3 N–H and O–H groups in total. The van der Waals surface area contributed by atoms with Crippen LogP contribution in [0.3, 0.4) is 0 Å². The van der Waals surface area contributed by atoms with Crippen LogP contribution < -0.4 is 11.1 Å². The largest absolute Gasteiger partial charge is 0.468 e. The van der Waals surface area contributed by atoms with Crippen molar-refractivity contribution in [2.45, 2.75) is 12.3 Å². The summed E-state index contributed by atoms with van der Waals surface area (Å²) in [5.41, 5.74) is 6.74. The molecule has 2 aromatic heterocycles. The van der Waals surface area contributed by atoms with Crippen molar-refractivity contribution in [3.63, 3.8) is 0 Å². The molecular formula is C12H19N5O2S. The Hall–Kier alpha value is -1.67. The second-order valence-corrected chi connectivity index (χ2v) is 5.74. The van der Waals surface area contributed by atoms with Gasteiger partial charge in [0, 0.05) is 23.6 Å². The molecule has 0 aliphatic heterocycles. The van der Waals surface area contributed by atoms with E-state index >= 15 is 0 Å². The number of nitrogens with one attached hydrogen (secondary N) is 1. The summed E-state index contributed by atoms with van der Waals surface area (Å²) in [4.78, 5) is 2.08. The van der Waals surface area contributed by atoms with Crippen LogP contribution in [-0.4, -0.2) is 41.6 Å². The molecule has 0 spiro atoms. The fourth-order valence-corrected chi connectivity index (χ4v) is 2.42. The zero-order valence-corrected chi connectivity index (χ0v) is 12.4. The Morgan fingerprint density at radius 2 is 2.25 bits per heavy atom. The lowest BCUT2D eigenvalue weighted by molar-refractivity contribution is 0.310. The molecule has 0 bridgehead atoms. The van der Waals surface area contributed by atoms with Crippen LogP contribution in [0.1, 0.15) is 11.3 Å². The first-order chi connectivity index (χ1) is 9.65. The lowest BCUT2D eigenvalue weighted by atomic mass is 10.3. The van der Waals surface area contributed by atoms with Gasteiger partial charge < -0.3 is 20.4 Å². The Morgan fingerprint density at radius 3 is 2.95 bits per heavy atom. The minimum absolute atomic E-state index is 0.290. The van der Waals surface area contributed by atoms with E-state index in [4.69, 9.17) is 10.2 Å². The third-order valence-electron chi connectivity index (χ3n) is 2.50. The molecule has 7 nitrogen and oxygen atoms in total. The molecule has 2 heterocycles. The van der Waals surface area contributed by atoms with E-state index in [-0.39, 0.29) is 5.82 Å². The predicted molar refractivity (Wildman–Crippen MR) is 79.5 cm³/mol. The number of rotatable bonds is 8. The van der Waals surface area contributed by atoms with Crippen LogP contribution in [0.4, 0.5) is 11.6 Å². The molecule has 20 heavy (non-hydrogen) atoms. The minimum atomic E-state index is 0.290. The first kappa shape index (κ1) is 14.7. The third-order valence-corrected chi connectivity index (χ3v) is 3.53. The zero-order chi connectivity index (χ0) is 14.4. The highest BCUT2D eigenvalue weighted by Gasteiger charge is 2.05. The molecule has 0 saturated carbocycles. The number of thioether (sulfide) groups is 1. The smallest absolute Gasteiger partial charge is 0.215 e. The molecule has 8 heteroatoms. The van der Waals surface area contributed by atoms with Gasteiger partial charge in [-0.25, -0.2) is 4.63 Å². The normalized spacial score (nSPS) is 11.2. The topological polar surface area (TPSA) is 93.3 Å². The van der Waals surface area contributed by atoms with E-state index in [0.29, 0.717) is 5.82 Å². The fraction of sp³-hybridized carbons (Fsp3) is 0.500. The molecule has 0 aliphatic carbocycles. The highest BCUT2D eigenvalue weighted by atomic mass is 32.2. The number of furan rings is 1. The van der Waals surface area contributed by atoms with Gasteiger partial charge in [-0.3, -0.25) is 0 Å². The van der Waals surface area contributed by atoms with Gasteiger partial charge in [-0.1, -0.05) is 0 Å². The first-order valence-corrected chi connectivity index (χ1v) is 7.41. The second-order valence-electron chi connectivity index (χ2n) is 4.64. The van der Waals surface area contributed by atoms with Gasteiger partial charge in [-0.15, -0.1) is 0 Å². The molecule has 2 rings (SSSR count). The van der Waals surface area contributed by atoms with Gasteiger partial charge in [0.25, 0.3) is 0 Å². The Balaban J connectivity index is 1.63. The van der Waals surface area contributed by atoms with Gasteiger partial charge in [0.1, 0.15) is 5.76 Å². The molecule has 0 radical (unpaired) electrons. The Bertz CT molecular complexity index is 525. The van der Waals surface area contributed by atoms with Crippen LogP contribution in [0.2, 0.25) is 0 Å². The number of hydrogen-bond acceptors (Lipinski definition) is 8. The van der Waals surface area contributed by atoms with Crippen molar-refractivity contribution in [3.05, 3.63) is 23.7 Å². The summed E-state index contributed by atoms with van der Waals surface area (Å²) in [6.45, 7) is 1.58. The SMILES string of the molecule is CN(C)Cc1cc(CSCCNc2nonc2N)co1. The highest BCUT2D eigenvalue weighted by Crippen LogP contribution is 2.17. The van der Waals surface area contributed by atoms with Crippen molar-refractivity contribution < 1.29 is 9.05 Å². The fourth-order valence-electron chi connectivity index (χ4n) is 1.65. The predicted octanol–water partition coefficient (Wildman–Crippen LogP) is 1.65. The second kappa shape index (κ2) is 7.20. The van der Waals surface area contributed by atoms with E-state index in [2.05, 4.69) is 31.2 Å². The summed E-state index contributed by atoms with van der Waals surface area (Å²) in [6.07, 6.45) is 1.82. The van der Waals surface area contributed by atoms with Gasteiger partial charge in [0.05, 0.1) is 12.8 Å². The van der Waals surface area contributed by atoms with E-state index in [0.717, 1.165) is 30.4 Å². The van der Waals surface area contributed by atoms with E-state index < -0.39 is 0 Å². The molecule has 0 saturated heterocycles. The molecular weight excluding hydrogens is 278 g/mol. The Labute approximate surface area is 121 Å². The Kier molecular flexibility index (Phi) is 5.31. The number of nitrogen functional groups attached to an aromatic ring is 1. The molecule has 0 aromatic carbocycles. The van der Waals surface area contributed by atoms with E-state index in [1.165, 1.54) is 5.56 Å². The standard InChI is InChI=1S/C12H19N5O2S/c1-17(2)6-10-5-9(7-18-10)8-20-4-3-14-12-11(13)15-19-16-12/h5,7H,3-4,6,8H2,1-2H3,(H2,13,15)(H,14,16). The summed E-state index contributed by atoms with van der Waals surface area (Å²) in [6, 6.07) is 2.10. The Morgan fingerprint density at radius 1 is 1.40 bits per heavy atom. The molecule has 0 atom stereocenters. The van der Waals surface area contributed by atoms with Crippen molar-refractivity contribution in [2.24, 2.45) is 0 Å². The number of anilines is 2. The van der Waals surface area contributed by atoms with Crippen molar-refractivity contribution in [1.82, 2.24) is 15.2 Å².